The van der Waals surface area contributed by atoms with Crippen molar-refractivity contribution in [3.63, 3.8) is 0 Å². The van der Waals surface area contributed by atoms with Crippen molar-refractivity contribution < 1.29 is 9.59 Å². The molecule has 1 aromatic rings. The third kappa shape index (κ3) is 2.72. The number of hydrogen-bond donors (Lipinski definition) is 1. The molecule has 0 aliphatic carbocycles. The van der Waals surface area contributed by atoms with Gasteiger partial charge in [0.2, 0.25) is 11.8 Å². The van der Waals surface area contributed by atoms with Gasteiger partial charge in [0.05, 0.1) is 13.1 Å². The molecule has 0 spiro atoms. The van der Waals surface area contributed by atoms with E-state index < -0.39 is 0 Å². The quantitative estimate of drug-likeness (QED) is 0.901. The van der Waals surface area contributed by atoms with Crippen molar-refractivity contribution in [2.45, 2.75) is 39.3 Å². The molecule has 98 valence electrons. The molecule has 0 bridgehead atoms. The molecule has 1 unspecified atom stereocenters. The Morgan fingerprint density at radius 3 is 2.89 bits per heavy atom. The normalized spacial score (nSPS) is 20.1. The van der Waals surface area contributed by atoms with E-state index >= 15 is 0 Å². The van der Waals surface area contributed by atoms with Gasteiger partial charge >= 0.3 is 0 Å². The predicted octanol–water partition coefficient (Wildman–Crippen LogP) is 1.68. The Hall–Kier alpha value is -1.36. The van der Waals surface area contributed by atoms with E-state index in [1.165, 1.54) is 5.56 Å². The number of piperazine rings is 1. The monoisotopic (exact) mass is 266 g/mol. The number of nitrogens with zero attached hydrogens (tertiary/aromatic N) is 1. The first-order chi connectivity index (χ1) is 8.61. The minimum Gasteiger partial charge on any atom is -0.343 e. The van der Waals surface area contributed by atoms with E-state index in [4.69, 9.17) is 0 Å². The average Bonchev–Trinajstić information content (AvgIpc) is 2.71. The Labute approximate surface area is 111 Å². The maximum atomic E-state index is 12.2. The summed E-state index contributed by atoms with van der Waals surface area (Å²) in [5.74, 6) is -0.00786. The zero-order valence-corrected chi connectivity index (χ0v) is 11.5. The minimum atomic E-state index is -0.337. The van der Waals surface area contributed by atoms with Crippen LogP contribution in [-0.2, 0) is 16.1 Å². The number of carbonyl (C=O) groups is 2. The van der Waals surface area contributed by atoms with E-state index in [-0.39, 0.29) is 24.4 Å². The number of hydrogen-bond acceptors (Lipinski definition) is 3. The van der Waals surface area contributed by atoms with Gasteiger partial charge in [0.25, 0.3) is 0 Å². The summed E-state index contributed by atoms with van der Waals surface area (Å²) in [4.78, 5) is 26.7. The minimum absolute atomic E-state index is 0.0456. The van der Waals surface area contributed by atoms with Crippen LogP contribution in [0.25, 0.3) is 0 Å². The summed E-state index contributed by atoms with van der Waals surface area (Å²) in [7, 11) is 0. The zero-order chi connectivity index (χ0) is 13.1. The number of rotatable bonds is 4. The third-order valence-corrected chi connectivity index (χ3v) is 4.17. The second-order valence-corrected chi connectivity index (χ2v) is 5.63. The average molecular weight is 266 g/mol. The molecule has 1 saturated heterocycles. The largest absolute Gasteiger partial charge is 0.343 e. The Morgan fingerprint density at radius 1 is 1.50 bits per heavy atom. The van der Waals surface area contributed by atoms with Crippen LogP contribution in [0.15, 0.2) is 11.4 Å². The van der Waals surface area contributed by atoms with Crippen molar-refractivity contribution >= 4 is 23.2 Å². The van der Waals surface area contributed by atoms with E-state index in [0.29, 0.717) is 13.0 Å². The number of nitrogens with one attached hydrogen (secondary N) is 1. The van der Waals surface area contributed by atoms with Gasteiger partial charge in [-0.3, -0.25) is 9.59 Å². The van der Waals surface area contributed by atoms with Crippen LogP contribution in [0, 0.1) is 6.92 Å². The highest BCUT2D eigenvalue weighted by molar-refractivity contribution is 7.10. The lowest BCUT2D eigenvalue weighted by molar-refractivity contribution is -0.145. The number of amides is 2. The molecule has 18 heavy (non-hydrogen) atoms. The van der Waals surface area contributed by atoms with Gasteiger partial charge in [0.1, 0.15) is 6.04 Å². The number of aryl methyl sites for hydroxylation is 1. The second-order valence-electron chi connectivity index (χ2n) is 4.63. The van der Waals surface area contributed by atoms with E-state index in [9.17, 15) is 9.59 Å². The molecular weight excluding hydrogens is 248 g/mol. The van der Waals surface area contributed by atoms with Gasteiger partial charge in [-0.1, -0.05) is 13.3 Å². The molecule has 1 aromatic heterocycles. The Bertz CT molecular complexity index is 456. The second kappa shape index (κ2) is 5.52. The molecule has 4 nitrogen and oxygen atoms in total. The molecule has 0 radical (unpaired) electrons. The van der Waals surface area contributed by atoms with Crippen molar-refractivity contribution in [2.24, 2.45) is 0 Å². The molecule has 5 heteroatoms. The van der Waals surface area contributed by atoms with Crippen molar-refractivity contribution in [1.29, 1.82) is 0 Å². The van der Waals surface area contributed by atoms with Gasteiger partial charge < -0.3 is 10.2 Å². The summed E-state index contributed by atoms with van der Waals surface area (Å²) in [6.45, 7) is 4.78. The van der Waals surface area contributed by atoms with Crippen molar-refractivity contribution in [3.05, 3.63) is 21.9 Å². The maximum Gasteiger partial charge on any atom is 0.245 e. The summed E-state index contributed by atoms with van der Waals surface area (Å²) in [6, 6.07) is 1.70. The van der Waals surface area contributed by atoms with Crippen LogP contribution in [0.1, 0.15) is 30.2 Å². The predicted molar refractivity (Wildman–Crippen MR) is 71.3 cm³/mol. The van der Waals surface area contributed by atoms with Crippen LogP contribution >= 0.6 is 11.3 Å². The highest BCUT2D eigenvalue weighted by Crippen LogP contribution is 2.19. The van der Waals surface area contributed by atoms with E-state index in [0.717, 1.165) is 11.3 Å². The van der Waals surface area contributed by atoms with Crippen molar-refractivity contribution in [3.8, 4) is 0 Å². The summed E-state index contributed by atoms with van der Waals surface area (Å²) in [5.41, 5.74) is 1.19. The van der Waals surface area contributed by atoms with Crippen LogP contribution in [0.5, 0.6) is 0 Å². The van der Waals surface area contributed by atoms with Crippen LogP contribution in [0.4, 0.5) is 0 Å². The standard InChI is InChI=1S/C13H18N2O2S/c1-3-4-10-13(17)15(8-12(16)14-10)7-11-9(2)5-6-18-11/h5-6,10H,3-4,7-8H2,1-2H3,(H,14,16). The fraction of sp³-hybridized carbons (Fsp3) is 0.538. The van der Waals surface area contributed by atoms with Gasteiger partial charge in [-0.25, -0.2) is 0 Å². The van der Waals surface area contributed by atoms with Crippen LogP contribution in [-0.4, -0.2) is 29.3 Å². The van der Waals surface area contributed by atoms with E-state index in [2.05, 4.69) is 5.32 Å². The molecule has 1 aliphatic heterocycles. The number of thiophene rings is 1. The molecule has 0 saturated carbocycles. The Morgan fingerprint density at radius 2 is 2.28 bits per heavy atom. The molecule has 2 amide bonds. The summed E-state index contributed by atoms with van der Waals surface area (Å²) in [5, 5.41) is 4.78. The molecule has 1 aliphatic rings. The highest BCUT2D eigenvalue weighted by atomic mass is 32.1. The molecule has 2 rings (SSSR count). The SMILES string of the molecule is CCCC1NC(=O)CN(Cc2sccc2C)C1=O. The number of carbonyl (C=O) groups excluding carboxylic acids is 2. The fourth-order valence-corrected chi connectivity index (χ4v) is 3.05. The van der Waals surface area contributed by atoms with Gasteiger partial charge in [-0.2, -0.15) is 0 Å². The summed E-state index contributed by atoms with van der Waals surface area (Å²) < 4.78 is 0. The van der Waals surface area contributed by atoms with E-state index in [1.54, 1.807) is 16.2 Å². The molecular formula is C13H18N2O2S. The lowest BCUT2D eigenvalue weighted by Crippen LogP contribution is -2.57. The molecule has 1 fully saturated rings. The van der Waals surface area contributed by atoms with Gasteiger partial charge in [-0.15, -0.1) is 11.3 Å². The first-order valence-corrected chi connectivity index (χ1v) is 7.11. The molecule has 1 N–H and O–H groups in total. The van der Waals surface area contributed by atoms with Crippen LogP contribution < -0.4 is 5.32 Å². The molecule has 2 heterocycles. The maximum absolute atomic E-state index is 12.2. The topological polar surface area (TPSA) is 49.4 Å². The lowest BCUT2D eigenvalue weighted by atomic mass is 10.1. The zero-order valence-electron chi connectivity index (χ0n) is 10.7. The van der Waals surface area contributed by atoms with Crippen LogP contribution in [0.3, 0.4) is 0 Å². The molecule has 1 atom stereocenters. The van der Waals surface area contributed by atoms with Crippen molar-refractivity contribution in [1.82, 2.24) is 10.2 Å². The van der Waals surface area contributed by atoms with Gasteiger partial charge in [0, 0.05) is 4.88 Å². The first-order valence-electron chi connectivity index (χ1n) is 6.23. The van der Waals surface area contributed by atoms with Gasteiger partial charge in [0.15, 0.2) is 0 Å². The summed E-state index contributed by atoms with van der Waals surface area (Å²) >= 11 is 1.64. The Kier molecular flexibility index (Phi) is 4.01. The van der Waals surface area contributed by atoms with Gasteiger partial charge in [-0.05, 0) is 30.4 Å². The molecule has 0 aromatic carbocycles. The Balaban J connectivity index is 2.09. The first kappa shape index (κ1) is 13.1. The fourth-order valence-electron chi connectivity index (χ4n) is 2.13. The lowest BCUT2D eigenvalue weighted by Gasteiger charge is -2.32. The van der Waals surface area contributed by atoms with E-state index in [1.807, 2.05) is 25.3 Å². The van der Waals surface area contributed by atoms with Crippen molar-refractivity contribution in [2.75, 3.05) is 6.54 Å². The van der Waals surface area contributed by atoms with Crippen LogP contribution in [0.2, 0.25) is 0 Å². The third-order valence-electron chi connectivity index (χ3n) is 3.16. The highest BCUT2D eigenvalue weighted by Gasteiger charge is 2.32. The summed E-state index contributed by atoms with van der Waals surface area (Å²) in [6.07, 6.45) is 1.60. The smallest absolute Gasteiger partial charge is 0.245 e.